The van der Waals surface area contributed by atoms with Crippen molar-refractivity contribution < 1.29 is 33.0 Å². The highest BCUT2D eigenvalue weighted by atomic mass is 19.1. The topological polar surface area (TPSA) is 103 Å². The third-order valence-electron chi connectivity index (χ3n) is 4.13. The number of benzene rings is 2. The van der Waals surface area contributed by atoms with E-state index in [-0.39, 0.29) is 5.56 Å². The lowest BCUT2D eigenvalue weighted by molar-refractivity contribution is -0.147. The molecule has 30 heavy (non-hydrogen) atoms. The SMILES string of the molecule is COc1ccc(OC)c([C@@H](C)NC(=O)COC(=O)CNC(=O)c2cccc(F)c2)c1. The van der Waals surface area contributed by atoms with Crippen LogP contribution in [-0.2, 0) is 14.3 Å². The number of methoxy groups -OCH3 is 2. The molecule has 0 radical (unpaired) electrons. The maximum atomic E-state index is 13.1. The summed E-state index contributed by atoms with van der Waals surface area (Å²) in [4.78, 5) is 35.7. The van der Waals surface area contributed by atoms with Crippen LogP contribution in [0.5, 0.6) is 11.5 Å². The quantitative estimate of drug-likeness (QED) is 0.604. The number of hydrogen-bond acceptors (Lipinski definition) is 6. The molecule has 0 aromatic heterocycles. The Hall–Kier alpha value is -3.62. The van der Waals surface area contributed by atoms with Crippen LogP contribution in [0.4, 0.5) is 4.39 Å². The minimum absolute atomic E-state index is 0.0709. The molecule has 0 aliphatic heterocycles. The van der Waals surface area contributed by atoms with Crippen molar-refractivity contribution in [2.45, 2.75) is 13.0 Å². The fourth-order valence-corrected chi connectivity index (χ4v) is 2.62. The van der Waals surface area contributed by atoms with E-state index in [1.165, 1.54) is 32.4 Å². The summed E-state index contributed by atoms with van der Waals surface area (Å²) in [6.07, 6.45) is 0. The molecule has 0 heterocycles. The van der Waals surface area contributed by atoms with Crippen molar-refractivity contribution in [3.63, 3.8) is 0 Å². The maximum absolute atomic E-state index is 13.1. The number of nitrogens with one attached hydrogen (secondary N) is 2. The van der Waals surface area contributed by atoms with Crippen LogP contribution >= 0.6 is 0 Å². The zero-order chi connectivity index (χ0) is 22.1. The normalized spacial score (nSPS) is 11.2. The van der Waals surface area contributed by atoms with E-state index in [0.717, 1.165) is 6.07 Å². The number of esters is 1. The summed E-state index contributed by atoms with van der Waals surface area (Å²) in [5, 5.41) is 5.00. The first-order chi connectivity index (χ1) is 14.3. The van der Waals surface area contributed by atoms with Crippen LogP contribution in [0.25, 0.3) is 0 Å². The smallest absolute Gasteiger partial charge is 0.325 e. The molecule has 2 rings (SSSR count). The highest BCUT2D eigenvalue weighted by Crippen LogP contribution is 2.29. The van der Waals surface area contributed by atoms with Crippen molar-refractivity contribution in [2.75, 3.05) is 27.4 Å². The summed E-state index contributed by atoms with van der Waals surface area (Å²) >= 11 is 0. The van der Waals surface area contributed by atoms with E-state index in [1.807, 2.05) is 0 Å². The number of hydrogen-bond donors (Lipinski definition) is 2. The van der Waals surface area contributed by atoms with Crippen molar-refractivity contribution in [1.29, 1.82) is 0 Å². The Morgan fingerprint density at radius 2 is 1.83 bits per heavy atom. The Labute approximate surface area is 173 Å². The van der Waals surface area contributed by atoms with E-state index in [2.05, 4.69) is 10.6 Å². The first kappa shape index (κ1) is 22.7. The molecule has 160 valence electrons. The standard InChI is InChI=1S/C21H23FN2O6/c1-13(17-10-16(28-2)7-8-18(17)29-3)24-19(25)12-30-20(26)11-23-21(27)14-5-4-6-15(22)9-14/h4-10,13H,11-12H2,1-3H3,(H,23,27)(H,24,25)/t13-/m1/s1. The monoisotopic (exact) mass is 418 g/mol. The molecule has 2 aromatic carbocycles. The molecule has 0 fully saturated rings. The number of rotatable bonds is 9. The van der Waals surface area contributed by atoms with Crippen molar-refractivity contribution in [3.05, 3.63) is 59.4 Å². The van der Waals surface area contributed by atoms with Gasteiger partial charge in [0.1, 0.15) is 23.9 Å². The average Bonchev–Trinajstić information content (AvgIpc) is 2.75. The van der Waals surface area contributed by atoms with Crippen LogP contribution in [-0.4, -0.2) is 45.2 Å². The summed E-state index contributed by atoms with van der Waals surface area (Å²) in [5.74, 6) is -1.36. The van der Waals surface area contributed by atoms with Crippen molar-refractivity contribution in [2.24, 2.45) is 0 Å². The number of amides is 2. The number of ether oxygens (including phenoxy) is 3. The van der Waals surface area contributed by atoms with Crippen LogP contribution in [0.3, 0.4) is 0 Å². The van der Waals surface area contributed by atoms with Gasteiger partial charge in [-0.2, -0.15) is 0 Å². The minimum Gasteiger partial charge on any atom is -0.497 e. The Morgan fingerprint density at radius 3 is 2.50 bits per heavy atom. The van der Waals surface area contributed by atoms with Gasteiger partial charge in [0.15, 0.2) is 6.61 Å². The summed E-state index contributed by atoms with van der Waals surface area (Å²) < 4.78 is 28.4. The van der Waals surface area contributed by atoms with Gasteiger partial charge < -0.3 is 24.8 Å². The molecule has 2 amide bonds. The number of carbonyl (C=O) groups excluding carboxylic acids is 3. The van der Waals surface area contributed by atoms with E-state index >= 15 is 0 Å². The Kier molecular flexibility index (Phi) is 8.16. The van der Waals surface area contributed by atoms with Gasteiger partial charge in [-0.3, -0.25) is 14.4 Å². The Bertz CT molecular complexity index is 918. The van der Waals surface area contributed by atoms with Crippen molar-refractivity contribution in [1.82, 2.24) is 10.6 Å². The van der Waals surface area contributed by atoms with Crippen LogP contribution in [0, 0.1) is 5.82 Å². The largest absolute Gasteiger partial charge is 0.497 e. The van der Waals surface area contributed by atoms with Gasteiger partial charge in [0.25, 0.3) is 11.8 Å². The van der Waals surface area contributed by atoms with Gasteiger partial charge in [0.05, 0.1) is 20.3 Å². The molecule has 0 aliphatic carbocycles. The number of carbonyl (C=O) groups is 3. The van der Waals surface area contributed by atoms with E-state index in [1.54, 1.807) is 25.1 Å². The van der Waals surface area contributed by atoms with Crippen molar-refractivity contribution in [3.8, 4) is 11.5 Å². The van der Waals surface area contributed by atoms with E-state index < -0.39 is 42.8 Å². The Balaban J connectivity index is 1.81. The van der Waals surface area contributed by atoms with E-state index in [0.29, 0.717) is 17.1 Å². The van der Waals surface area contributed by atoms with E-state index in [4.69, 9.17) is 14.2 Å². The Morgan fingerprint density at radius 1 is 1.07 bits per heavy atom. The zero-order valence-electron chi connectivity index (χ0n) is 16.9. The fraction of sp³-hybridized carbons (Fsp3) is 0.286. The third-order valence-corrected chi connectivity index (χ3v) is 4.13. The molecule has 2 N–H and O–H groups in total. The molecule has 9 heteroatoms. The van der Waals surface area contributed by atoms with E-state index in [9.17, 15) is 18.8 Å². The fourth-order valence-electron chi connectivity index (χ4n) is 2.62. The molecular formula is C21H23FN2O6. The van der Waals surface area contributed by atoms with Gasteiger partial charge in [-0.05, 0) is 43.3 Å². The highest BCUT2D eigenvalue weighted by molar-refractivity contribution is 5.96. The first-order valence-corrected chi connectivity index (χ1v) is 9.04. The third kappa shape index (κ3) is 6.47. The summed E-state index contributed by atoms with van der Waals surface area (Å²) in [5.41, 5.74) is 0.764. The van der Waals surface area contributed by atoms with Gasteiger partial charge in [0, 0.05) is 11.1 Å². The molecule has 0 saturated heterocycles. The lowest BCUT2D eigenvalue weighted by Gasteiger charge is -2.18. The zero-order valence-corrected chi connectivity index (χ0v) is 16.9. The summed E-state index contributed by atoms with van der Waals surface area (Å²) in [7, 11) is 3.04. The maximum Gasteiger partial charge on any atom is 0.325 e. The lowest BCUT2D eigenvalue weighted by atomic mass is 10.1. The molecule has 2 aromatic rings. The van der Waals surface area contributed by atoms with Gasteiger partial charge in [-0.1, -0.05) is 6.07 Å². The predicted molar refractivity (Wildman–Crippen MR) is 106 cm³/mol. The number of halogens is 1. The average molecular weight is 418 g/mol. The molecule has 0 spiro atoms. The summed E-state index contributed by atoms with van der Waals surface area (Å²) in [6.45, 7) is 0.767. The van der Waals surface area contributed by atoms with Crippen molar-refractivity contribution >= 4 is 17.8 Å². The molecule has 0 bridgehead atoms. The van der Waals surface area contributed by atoms with Crippen LogP contribution in [0.2, 0.25) is 0 Å². The molecule has 0 unspecified atom stereocenters. The minimum atomic E-state index is -0.804. The van der Waals surface area contributed by atoms with Crippen LogP contribution in [0.1, 0.15) is 28.9 Å². The molecule has 0 saturated carbocycles. The molecular weight excluding hydrogens is 395 g/mol. The second-order valence-corrected chi connectivity index (χ2v) is 6.25. The van der Waals surface area contributed by atoms with Gasteiger partial charge >= 0.3 is 5.97 Å². The van der Waals surface area contributed by atoms with Gasteiger partial charge in [0.2, 0.25) is 0 Å². The molecule has 1 atom stereocenters. The second-order valence-electron chi connectivity index (χ2n) is 6.25. The van der Waals surface area contributed by atoms with Gasteiger partial charge in [-0.25, -0.2) is 4.39 Å². The lowest BCUT2D eigenvalue weighted by Crippen LogP contribution is -2.34. The summed E-state index contributed by atoms with van der Waals surface area (Å²) in [6, 6.07) is 9.78. The first-order valence-electron chi connectivity index (χ1n) is 9.04. The molecule has 0 aliphatic rings. The van der Waals surface area contributed by atoms with Gasteiger partial charge in [-0.15, -0.1) is 0 Å². The second kappa shape index (κ2) is 10.8. The highest BCUT2D eigenvalue weighted by Gasteiger charge is 2.17. The van der Waals surface area contributed by atoms with Crippen LogP contribution in [0.15, 0.2) is 42.5 Å². The predicted octanol–water partition coefficient (Wildman–Crippen LogP) is 1.99. The molecule has 8 nitrogen and oxygen atoms in total. The van der Waals surface area contributed by atoms with Crippen LogP contribution < -0.4 is 20.1 Å².